The summed E-state index contributed by atoms with van der Waals surface area (Å²) >= 11 is 5.92. The van der Waals surface area contributed by atoms with E-state index in [0.717, 1.165) is 33.7 Å². The lowest BCUT2D eigenvalue weighted by molar-refractivity contribution is 0.416. The van der Waals surface area contributed by atoms with E-state index in [9.17, 15) is 4.39 Å². The van der Waals surface area contributed by atoms with Gasteiger partial charge < -0.3 is 9.30 Å². The standard InChI is InChI=1S/C23H15ClFN3O/c1-29-21-11-10-14(12-17(21)22-18(25)13-26-23(24)27-22)28-19-8-4-2-6-15(19)16-7-3-5-9-20(16)28/h2-13H,1H3. The molecule has 2 aromatic heterocycles. The number of benzene rings is 3. The Balaban J connectivity index is 1.83. The van der Waals surface area contributed by atoms with Gasteiger partial charge in [0.15, 0.2) is 5.82 Å². The van der Waals surface area contributed by atoms with Gasteiger partial charge in [-0.1, -0.05) is 36.4 Å². The van der Waals surface area contributed by atoms with E-state index in [1.54, 1.807) is 7.11 Å². The SMILES string of the molecule is COc1ccc(-n2c3ccccc3c3ccccc32)cc1-c1nc(Cl)ncc1F. The normalized spacial score (nSPS) is 11.3. The minimum atomic E-state index is -0.563. The zero-order valence-corrected chi connectivity index (χ0v) is 16.2. The molecule has 0 saturated heterocycles. The molecule has 0 N–H and O–H groups in total. The molecule has 0 saturated carbocycles. The first-order valence-electron chi connectivity index (χ1n) is 9.02. The number of nitrogens with zero attached hydrogens (tertiary/aromatic N) is 3. The Labute approximate surface area is 171 Å². The molecule has 0 amide bonds. The molecule has 5 rings (SSSR count). The number of para-hydroxylation sites is 2. The predicted molar refractivity (Wildman–Crippen MR) is 113 cm³/mol. The lowest BCUT2D eigenvalue weighted by atomic mass is 10.1. The van der Waals surface area contributed by atoms with Crippen LogP contribution >= 0.6 is 11.6 Å². The minimum absolute atomic E-state index is 0.0225. The van der Waals surface area contributed by atoms with Crippen LogP contribution in [0.2, 0.25) is 5.28 Å². The molecule has 29 heavy (non-hydrogen) atoms. The molecular formula is C23H15ClFN3O. The van der Waals surface area contributed by atoms with Crippen LogP contribution in [0.5, 0.6) is 5.75 Å². The van der Waals surface area contributed by atoms with Crippen LogP contribution in [0.25, 0.3) is 38.8 Å². The molecule has 3 aromatic carbocycles. The van der Waals surface area contributed by atoms with Crippen molar-refractivity contribution in [1.82, 2.24) is 14.5 Å². The molecule has 2 heterocycles. The number of methoxy groups -OCH3 is 1. The summed E-state index contributed by atoms with van der Waals surface area (Å²) in [7, 11) is 1.54. The minimum Gasteiger partial charge on any atom is -0.496 e. The van der Waals surface area contributed by atoms with E-state index in [1.807, 2.05) is 42.5 Å². The van der Waals surface area contributed by atoms with Crippen molar-refractivity contribution in [2.45, 2.75) is 0 Å². The number of hydrogen-bond acceptors (Lipinski definition) is 3. The van der Waals surface area contributed by atoms with Gasteiger partial charge in [0.2, 0.25) is 5.28 Å². The molecule has 0 atom stereocenters. The fourth-order valence-electron chi connectivity index (χ4n) is 3.76. The maximum atomic E-state index is 14.5. The van der Waals surface area contributed by atoms with Crippen LogP contribution in [0.1, 0.15) is 0 Å². The average Bonchev–Trinajstić information content (AvgIpc) is 3.09. The molecule has 0 radical (unpaired) electrons. The highest BCUT2D eigenvalue weighted by Crippen LogP contribution is 2.36. The van der Waals surface area contributed by atoms with Gasteiger partial charge in [-0.25, -0.2) is 14.4 Å². The summed E-state index contributed by atoms with van der Waals surface area (Å²) in [6, 6.07) is 22.0. The van der Waals surface area contributed by atoms with E-state index in [2.05, 4.69) is 38.8 Å². The summed E-state index contributed by atoms with van der Waals surface area (Å²) in [6.07, 6.45) is 1.07. The molecule has 0 aliphatic rings. The van der Waals surface area contributed by atoms with E-state index in [4.69, 9.17) is 16.3 Å². The van der Waals surface area contributed by atoms with E-state index < -0.39 is 5.82 Å². The van der Waals surface area contributed by atoms with Crippen LogP contribution < -0.4 is 4.74 Å². The molecular weight excluding hydrogens is 389 g/mol. The van der Waals surface area contributed by atoms with Crippen molar-refractivity contribution in [3.63, 3.8) is 0 Å². The van der Waals surface area contributed by atoms with Crippen LogP contribution in [0.3, 0.4) is 0 Å². The van der Waals surface area contributed by atoms with Gasteiger partial charge in [-0.3, -0.25) is 0 Å². The van der Waals surface area contributed by atoms with Crippen LogP contribution in [-0.4, -0.2) is 21.6 Å². The Bertz CT molecular complexity index is 1330. The van der Waals surface area contributed by atoms with Crippen molar-refractivity contribution in [3.8, 4) is 22.7 Å². The molecule has 4 nitrogen and oxygen atoms in total. The third-order valence-corrected chi connectivity index (χ3v) is 5.17. The second-order valence-corrected chi connectivity index (χ2v) is 6.93. The van der Waals surface area contributed by atoms with Gasteiger partial charge in [-0.15, -0.1) is 0 Å². The van der Waals surface area contributed by atoms with Crippen LogP contribution in [0.15, 0.2) is 72.9 Å². The van der Waals surface area contributed by atoms with E-state index in [0.29, 0.717) is 11.3 Å². The summed E-state index contributed by atoms with van der Waals surface area (Å²) in [5.41, 5.74) is 3.60. The van der Waals surface area contributed by atoms with Crippen LogP contribution in [0.4, 0.5) is 4.39 Å². The molecule has 0 aliphatic heterocycles. The molecule has 0 unspecified atom stereocenters. The van der Waals surface area contributed by atoms with Gasteiger partial charge in [0.25, 0.3) is 0 Å². The Morgan fingerprint density at radius 3 is 2.24 bits per heavy atom. The number of hydrogen-bond donors (Lipinski definition) is 0. The number of fused-ring (bicyclic) bond motifs is 3. The zero-order chi connectivity index (χ0) is 20.0. The number of aromatic nitrogens is 3. The number of ether oxygens (including phenoxy) is 1. The van der Waals surface area contributed by atoms with Gasteiger partial charge in [0.1, 0.15) is 11.4 Å². The first kappa shape index (κ1) is 17.6. The monoisotopic (exact) mass is 403 g/mol. The van der Waals surface area contributed by atoms with Gasteiger partial charge in [0, 0.05) is 22.0 Å². The Hall–Kier alpha value is -3.44. The predicted octanol–water partition coefficient (Wildman–Crippen LogP) is 6.04. The largest absolute Gasteiger partial charge is 0.496 e. The Morgan fingerprint density at radius 2 is 1.59 bits per heavy atom. The highest BCUT2D eigenvalue weighted by atomic mass is 35.5. The molecule has 0 aliphatic carbocycles. The van der Waals surface area contributed by atoms with Crippen molar-refractivity contribution in [1.29, 1.82) is 0 Å². The van der Waals surface area contributed by atoms with Crippen molar-refractivity contribution < 1.29 is 9.13 Å². The van der Waals surface area contributed by atoms with Crippen LogP contribution in [-0.2, 0) is 0 Å². The highest BCUT2D eigenvalue weighted by Gasteiger charge is 2.17. The highest BCUT2D eigenvalue weighted by molar-refractivity contribution is 6.28. The third kappa shape index (κ3) is 2.82. The molecule has 6 heteroatoms. The third-order valence-electron chi connectivity index (χ3n) is 4.99. The van der Waals surface area contributed by atoms with Gasteiger partial charge in [0.05, 0.1) is 24.3 Å². The van der Waals surface area contributed by atoms with E-state index in [-0.39, 0.29) is 11.0 Å². The second kappa shape index (κ2) is 6.87. The first-order chi connectivity index (χ1) is 14.2. The summed E-state index contributed by atoms with van der Waals surface area (Å²) in [4.78, 5) is 7.80. The first-order valence-corrected chi connectivity index (χ1v) is 9.40. The van der Waals surface area contributed by atoms with Crippen molar-refractivity contribution in [2.75, 3.05) is 7.11 Å². The summed E-state index contributed by atoms with van der Waals surface area (Å²) < 4.78 is 22.1. The molecule has 0 bridgehead atoms. The fourth-order valence-corrected chi connectivity index (χ4v) is 3.89. The molecule has 142 valence electrons. The smallest absolute Gasteiger partial charge is 0.223 e. The van der Waals surface area contributed by atoms with Crippen molar-refractivity contribution >= 4 is 33.4 Å². The number of rotatable bonds is 3. The molecule has 0 spiro atoms. The maximum Gasteiger partial charge on any atom is 0.223 e. The summed E-state index contributed by atoms with van der Waals surface area (Å²) in [5.74, 6) is -0.0599. The Kier molecular flexibility index (Phi) is 4.18. The molecule has 5 aromatic rings. The lowest BCUT2D eigenvalue weighted by Gasteiger charge is -2.13. The van der Waals surface area contributed by atoms with Gasteiger partial charge >= 0.3 is 0 Å². The lowest BCUT2D eigenvalue weighted by Crippen LogP contribution is -1.99. The van der Waals surface area contributed by atoms with Crippen molar-refractivity contribution in [3.05, 3.63) is 84.0 Å². The topological polar surface area (TPSA) is 39.9 Å². The molecule has 0 fully saturated rings. The second-order valence-electron chi connectivity index (χ2n) is 6.59. The zero-order valence-electron chi connectivity index (χ0n) is 15.4. The quantitative estimate of drug-likeness (QED) is 0.345. The average molecular weight is 404 g/mol. The number of halogens is 2. The van der Waals surface area contributed by atoms with Gasteiger partial charge in [-0.05, 0) is 41.9 Å². The van der Waals surface area contributed by atoms with E-state index in [1.165, 1.54) is 0 Å². The maximum absolute atomic E-state index is 14.5. The van der Waals surface area contributed by atoms with Gasteiger partial charge in [-0.2, -0.15) is 0 Å². The fraction of sp³-hybridized carbons (Fsp3) is 0.0435. The summed E-state index contributed by atoms with van der Waals surface area (Å²) in [6.45, 7) is 0. The van der Waals surface area contributed by atoms with Crippen LogP contribution in [0, 0.1) is 5.82 Å². The van der Waals surface area contributed by atoms with E-state index >= 15 is 0 Å². The Morgan fingerprint density at radius 1 is 0.931 bits per heavy atom. The summed E-state index contributed by atoms with van der Waals surface area (Å²) in [5, 5.41) is 2.28. The van der Waals surface area contributed by atoms with Crippen molar-refractivity contribution in [2.24, 2.45) is 0 Å².